The normalized spacial score (nSPS) is 16.3. The number of carboxylic acid groups (broad SMARTS) is 1. The van der Waals surface area contributed by atoms with Gasteiger partial charge < -0.3 is 28.6 Å². The molecule has 1 amide bonds. The summed E-state index contributed by atoms with van der Waals surface area (Å²) in [6, 6.07) is 9.88. The van der Waals surface area contributed by atoms with Gasteiger partial charge in [0.2, 0.25) is 18.6 Å². The van der Waals surface area contributed by atoms with E-state index in [0.29, 0.717) is 60.5 Å². The number of carboxylic acids is 1. The lowest BCUT2D eigenvalue weighted by Crippen LogP contribution is -2.42. The van der Waals surface area contributed by atoms with Crippen molar-refractivity contribution in [2.75, 3.05) is 19.9 Å². The van der Waals surface area contributed by atoms with Gasteiger partial charge in [0.15, 0.2) is 17.5 Å². The molecule has 0 spiro atoms. The number of nitrogens with zero attached hydrogens (tertiary/aromatic N) is 2. The van der Waals surface area contributed by atoms with E-state index in [1.165, 1.54) is 11.0 Å². The van der Waals surface area contributed by atoms with Gasteiger partial charge in [-0.05, 0) is 61.7 Å². The van der Waals surface area contributed by atoms with E-state index in [0.717, 1.165) is 16.8 Å². The van der Waals surface area contributed by atoms with Crippen LogP contribution in [0.5, 0.6) is 17.2 Å². The minimum Gasteiger partial charge on any atom is -0.493 e. The molecule has 0 fully saturated rings. The lowest BCUT2D eigenvalue weighted by Gasteiger charge is -2.34. The quantitative estimate of drug-likeness (QED) is 0.340. The van der Waals surface area contributed by atoms with Crippen molar-refractivity contribution >= 4 is 11.9 Å². The SMILES string of the molecule is CC=CC=CC(=O)N1CCc2ccc(OCCc3nc(-c4ccc5c(c4)OCO5)oc3C)cc2C1C(=O)O. The number of hydrogen-bond donors (Lipinski definition) is 1. The number of benzene rings is 2. The number of allylic oxidation sites excluding steroid dienone is 3. The Morgan fingerprint density at radius 2 is 2.00 bits per heavy atom. The molecular formula is C29H28N2O7. The third-order valence-corrected chi connectivity index (χ3v) is 6.52. The highest BCUT2D eigenvalue weighted by atomic mass is 16.7. The van der Waals surface area contributed by atoms with Gasteiger partial charge in [0.05, 0.1) is 12.3 Å². The number of aryl methyl sites for hydroxylation is 1. The third-order valence-electron chi connectivity index (χ3n) is 6.52. The van der Waals surface area contributed by atoms with Gasteiger partial charge in [-0.2, -0.15) is 0 Å². The summed E-state index contributed by atoms with van der Waals surface area (Å²) in [6.45, 7) is 4.55. The molecule has 0 saturated carbocycles. The number of fused-ring (bicyclic) bond motifs is 2. The molecule has 0 bridgehead atoms. The van der Waals surface area contributed by atoms with Crippen LogP contribution in [0.15, 0.2) is 65.1 Å². The summed E-state index contributed by atoms with van der Waals surface area (Å²) in [4.78, 5) is 30.9. The molecule has 0 saturated heterocycles. The number of ether oxygens (including phenoxy) is 3. The first-order valence-electron chi connectivity index (χ1n) is 12.4. The maximum absolute atomic E-state index is 12.7. The molecular weight excluding hydrogens is 488 g/mol. The Bertz CT molecular complexity index is 1420. The zero-order valence-corrected chi connectivity index (χ0v) is 21.2. The van der Waals surface area contributed by atoms with E-state index < -0.39 is 12.0 Å². The number of carbonyl (C=O) groups is 2. The highest BCUT2D eigenvalue weighted by Crippen LogP contribution is 2.36. The van der Waals surface area contributed by atoms with Gasteiger partial charge in [-0.1, -0.05) is 24.3 Å². The predicted octanol–water partition coefficient (Wildman–Crippen LogP) is 4.64. The van der Waals surface area contributed by atoms with Crippen LogP contribution in [0.25, 0.3) is 11.5 Å². The average molecular weight is 517 g/mol. The second-order valence-electron chi connectivity index (χ2n) is 8.96. The average Bonchev–Trinajstić information content (AvgIpc) is 3.53. The zero-order valence-electron chi connectivity index (χ0n) is 21.2. The third kappa shape index (κ3) is 5.13. The molecule has 38 heavy (non-hydrogen) atoms. The summed E-state index contributed by atoms with van der Waals surface area (Å²) >= 11 is 0. The van der Waals surface area contributed by atoms with Gasteiger partial charge in [0, 0.05) is 24.6 Å². The summed E-state index contributed by atoms with van der Waals surface area (Å²) in [5, 5.41) is 9.96. The zero-order chi connectivity index (χ0) is 26.6. The van der Waals surface area contributed by atoms with E-state index >= 15 is 0 Å². The fourth-order valence-corrected chi connectivity index (χ4v) is 4.61. The van der Waals surface area contributed by atoms with Gasteiger partial charge in [-0.15, -0.1) is 0 Å². The van der Waals surface area contributed by atoms with E-state index in [1.807, 2.05) is 44.2 Å². The Balaban J connectivity index is 1.27. The van der Waals surface area contributed by atoms with Crippen molar-refractivity contribution in [2.45, 2.75) is 32.7 Å². The highest BCUT2D eigenvalue weighted by Gasteiger charge is 2.35. The summed E-state index contributed by atoms with van der Waals surface area (Å²) in [5.41, 5.74) is 3.02. The van der Waals surface area contributed by atoms with Gasteiger partial charge in [0.1, 0.15) is 11.5 Å². The van der Waals surface area contributed by atoms with Crippen LogP contribution >= 0.6 is 0 Å². The molecule has 2 aliphatic heterocycles. The molecule has 1 N–H and O–H groups in total. The molecule has 0 aliphatic carbocycles. The van der Waals surface area contributed by atoms with Crippen molar-refractivity contribution < 1.29 is 33.3 Å². The summed E-state index contributed by atoms with van der Waals surface area (Å²) < 4.78 is 22.6. The van der Waals surface area contributed by atoms with Crippen molar-refractivity contribution in [3.63, 3.8) is 0 Å². The van der Waals surface area contributed by atoms with Crippen molar-refractivity contribution in [1.29, 1.82) is 0 Å². The minimum atomic E-state index is -1.08. The molecule has 3 heterocycles. The van der Waals surface area contributed by atoms with Gasteiger partial charge in [-0.25, -0.2) is 9.78 Å². The molecule has 196 valence electrons. The van der Waals surface area contributed by atoms with Crippen LogP contribution in [0, 0.1) is 6.92 Å². The maximum atomic E-state index is 12.7. The van der Waals surface area contributed by atoms with E-state index in [-0.39, 0.29) is 12.7 Å². The Hall–Kier alpha value is -4.53. The molecule has 2 aromatic carbocycles. The van der Waals surface area contributed by atoms with E-state index in [1.54, 1.807) is 24.3 Å². The van der Waals surface area contributed by atoms with E-state index in [2.05, 4.69) is 4.98 Å². The van der Waals surface area contributed by atoms with Crippen LogP contribution in [-0.2, 0) is 22.4 Å². The lowest BCUT2D eigenvalue weighted by molar-refractivity contribution is -0.149. The molecule has 2 aliphatic rings. The van der Waals surface area contributed by atoms with Crippen molar-refractivity contribution in [3.05, 3.63) is 83.3 Å². The van der Waals surface area contributed by atoms with Crippen molar-refractivity contribution in [2.24, 2.45) is 0 Å². The van der Waals surface area contributed by atoms with Crippen LogP contribution in [0.2, 0.25) is 0 Å². The van der Waals surface area contributed by atoms with Crippen molar-refractivity contribution in [1.82, 2.24) is 9.88 Å². The molecule has 1 aromatic heterocycles. The first kappa shape index (κ1) is 25.1. The minimum absolute atomic E-state index is 0.198. The molecule has 0 radical (unpaired) electrons. The Morgan fingerprint density at radius 1 is 1.16 bits per heavy atom. The maximum Gasteiger partial charge on any atom is 0.331 e. The number of carbonyl (C=O) groups excluding carboxylic acids is 1. The Morgan fingerprint density at radius 3 is 2.82 bits per heavy atom. The second kappa shape index (κ2) is 10.8. The van der Waals surface area contributed by atoms with Crippen LogP contribution < -0.4 is 14.2 Å². The molecule has 5 rings (SSSR count). The van der Waals surface area contributed by atoms with Crippen LogP contribution in [0.3, 0.4) is 0 Å². The number of aromatic nitrogens is 1. The fraction of sp³-hybridized carbons (Fsp3) is 0.276. The molecule has 1 unspecified atom stereocenters. The largest absolute Gasteiger partial charge is 0.493 e. The summed E-state index contributed by atoms with van der Waals surface area (Å²) in [6.07, 6.45) is 7.60. The monoisotopic (exact) mass is 516 g/mol. The fourth-order valence-electron chi connectivity index (χ4n) is 4.61. The number of hydrogen-bond acceptors (Lipinski definition) is 7. The van der Waals surface area contributed by atoms with Crippen LogP contribution in [-0.4, -0.2) is 46.8 Å². The van der Waals surface area contributed by atoms with Gasteiger partial charge >= 0.3 is 5.97 Å². The molecule has 3 aromatic rings. The van der Waals surface area contributed by atoms with Gasteiger partial charge in [0.25, 0.3) is 0 Å². The number of rotatable bonds is 8. The van der Waals surface area contributed by atoms with Crippen LogP contribution in [0.4, 0.5) is 0 Å². The Kier molecular flexibility index (Phi) is 7.17. The Labute approximate surface area is 219 Å². The standard InChI is InChI=1S/C29H28N2O7/c1-3-4-5-6-26(32)31-13-11-19-7-9-21(16-22(19)27(31)29(33)34)35-14-12-23-18(2)38-28(30-23)20-8-10-24-25(15-20)37-17-36-24/h3-10,15-16,27H,11-14,17H2,1-2H3,(H,33,34). The molecule has 9 nitrogen and oxygen atoms in total. The molecule has 9 heteroatoms. The van der Waals surface area contributed by atoms with E-state index in [9.17, 15) is 14.7 Å². The number of aliphatic carboxylic acids is 1. The molecule has 1 atom stereocenters. The lowest BCUT2D eigenvalue weighted by atomic mass is 9.92. The highest BCUT2D eigenvalue weighted by molar-refractivity contribution is 5.92. The first-order valence-corrected chi connectivity index (χ1v) is 12.4. The first-order chi connectivity index (χ1) is 18.4. The summed E-state index contributed by atoms with van der Waals surface area (Å²) in [5.74, 6) is 1.64. The van der Waals surface area contributed by atoms with Gasteiger partial charge in [-0.3, -0.25) is 4.79 Å². The topological polar surface area (TPSA) is 111 Å². The second-order valence-corrected chi connectivity index (χ2v) is 8.96. The number of oxazole rings is 1. The predicted molar refractivity (Wildman–Crippen MR) is 138 cm³/mol. The smallest absolute Gasteiger partial charge is 0.331 e. The van der Waals surface area contributed by atoms with Crippen LogP contribution in [0.1, 0.15) is 35.5 Å². The van der Waals surface area contributed by atoms with E-state index in [4.69, 9.17) is 18.6 Å². The number of amides is 1. The summed E-state index contributed by atoms with van der Waals surface area (Å²) in [7, 11) is 0. The van der Waals surface area contributed by atoms with Crippen molar-refractivity contribution in [3.8, 4) is 28.7 Å².